The molecule has 1 aromatic heterocycles. The highest BCUT2D eigenvalue weighted by molar-refractivity contribution is 6.07. The van der Waals surface area contributed by atoms with E-state index in [0.29, 0.717) is 23.7 Å². The highest BCUT2D eigenvalue weighted by atomic mass is 16.5. The van der Waals surface area contributed by atoms with Crippen molar-refractivity contribution < 1.29 is 9.53 Å². The number of nitrogens with two attached hydrogens (primary N) is 1. The first-order valence-electron chi connectivity index (χ1n) is 6.33. The minimum absolute atomic E-state index is 0.164. The lowest BCUT2D eigenvalue weighted by Crippen LogP contribution is -2.31. The number of hydrogen-bond acceptors (Lipinski definition) is 4. The van der Waals surface area contributed by atoms with E-state index in [0.717, 1.165) is 5.69 Å². The minimum Gasteiger partial charge on any atom is -0.480 e. The molecule has 1 aromatic carbocycles. The molecule has 0 aliphatic heterocycles. The number of rotatable bonds is 4. The first-order valence-corrected chi connectivity index (χ1v) is 6.33. The number of nitrogen functional groups attached to an aromatic ring is 1. The lowest BCUT2D eigenvalue weighted by Gasteiger charge is -2.22. The number of aromatic nitrogens is 1. The van der Waals surface area contributed by atoms with E-state index in [1.165, 1.54) is 7.11 Å². The third kappa shape index (κ3) is 2.71. The van der Waals surface area contributed by atoms with Crippen molar-refractivity contribution >= 4 is 17.3 Å². The molecule has 5 heteroatoms. The molecule has 0 unspecified atom stereocenters. The Morgan fingerprint density at radius 1 is 1.35 bits per heavy atom. The Balaban J connectivity index is 2.39. The van der Waals surface area contributed by atoms with E-state index < -0.39 is 0 Å². The molecule has 0 aliphatic rings. The molecular formula is C15H17N3O2. The molecule has 0 atom stereocenters. The Hall–Kier alpha value is -2.56. The van der Waals surface area contributed by atoms with Crippen molar-refractivity contribution in [1.29, 1.82) is 0 Å². The van der Waals surface area contributed by atoms with E-state index in [9.17, 15) is 4.79 Å². The van der Waals surface area contributed by atoms with Gasteiger partial charge < -0.3 is 15.4 Å². The topological polar surface area (TPSA) is 68.5 Å². The van der Waals surface area contributed by atoms with E-state index in [1.54, 1.807) is 35.4 Å². The Bertz CT molecular complexity index is 614. The Morgan fingerprint density at radius 3 is 2.80 bits per heavy atom. The van der Waals surface area contributed by atoms with Gasteiger partial charge in [-0.25, -0.2) is 4.98 Å². The van der Waals surface area contributed by atoms with Gasteiger partial charge in [-0.05, 0) is 37.3 Å². The predicted molar refractivity (Wildman–Crippen MR) is 79.0 cm³/mol. The molecule has 0 saturated carbocycles. The summed E-state index contributed by atoms with van der Waals surface area (Å²) in [5, 5.41) is 0. The summed E-state index contributed by atoms with van der Waals surface area (Å²) in [6.45, 7) is 2.43. The van der Waals surface area contributed by atoms with Crippen molar-refractivity contribution in [1.82, 2.24) is 4.98 Å². The van der Waals surface area contributed by atoms with Gasteiger partial charge in [0.25, 0.3) is 5.91 Å². The number of carbonyl (C=O) groups is 1. The molecule has 0 radical (unpaired) electrons. The van der Waals surface area contributed by atoms with Crippen LogP contribution in [-0.4, -0.2) is 24.5 Å². The molecule has 0 bridgehead atoms. The summed E-state index contributed by atoms with van der Waals surface area (Å²) in [6, 6.07) is 10.6. The van der Waals surface area contributed by atoms with Crippen LogP contribution in [0.15, 0.2) is 42.6 Å². The molecule has 0 aliphatic carbocycles. The van der Waals surface area contributed by atoms with Crippen molar-refractivity contribution in [3.05, 3.63) is 48.2 Å². The quantitative estimate of drug-likeness (QED) is 0.867. The fourth-order valence-corrected chi connectivity index (χ4v) is 2.00. The molecule has 1 heterocycles. The molecule has 2 rings (SSSR count). The zero-order chi connectivity index (χ0) is 14.5. The van der Waals surface area contributed by atoms with Crippen LogP contribution in [0, 0.1) is 0 Å². The summed E-state index contributed by atoms with van der Waals surface area (Å²) in [5.74, 6) is 0.155. The zero-order valence-corrected chi connectivity index (χ0v) is 11.5. The number of amides is 1. The van der Waals surface area contributed by atoms with Gasteiger partial charge in [-0.1, -0.05) is 6.07 Å². The first-order chi connectivity index (χ1) is 9.67. The predicted octanol–water partition coefficient (Wildman–Crippen LogP) is 2.34. The normalized spacial score (nSPS) is 10.1. The number of carbonyl (C=O) groups excluding carboxylic acids is 1. The molecule has 0 saturated heterocycles. The molecule has 20 heavy (non-hydrogen) atoms. The Morgan fingerprint density at radius 2 is 2.15 bits per heavy atom. The standard InChI is InChI=1S/C15H17N3O2/c1-3-18(12-7-4-6-11(16)10-12)15(19)13-8-5-9-17-14(13)20-2/h4-10H,3,16H2,1-2H3. The number of benzene rings is 1. The van der Waals surface area contributed by atoms with Crippen LogP contribution in [0.3, 0.4) is 0 Å². The summed E-state index contributed by atoms with van der Waals surface area (Å²) in [4.78, 5) is 18.3. The average molecular weight is 271 g/mol. The van der Waals surface area contributed by atoms with E-state index in [4.69, 9.17) is 10.5 Å². The number of anilines is 2. The van der Waals surface area contributed by atoms with Crippen LogP contribution in [0.1, 0.15) is 17.3 Å². The van der Waals surface area contributed by atoms with Gasteiger partial charge in [0.1, 0.15) is 5.56 Å². The van der Waals surface area contributed by atoms with Crippen molar-refractivity contribution in [3.63, 3.8) is 0 Å². The van der Waals surface area contributed by atoms with Crippen LogP contribution in [-0.2, 0) is 0 Å². The maximum absolute atomic E-state index is 12.6. The van der Waals surface area contributed by atoms with Gasteiger partial charge in [0, 0.05) is 24.1 Å². The number of hydrogen-bond donors (Lipinski definition) is 1. The van der Waals surface area contributed by atoms with E-state index in [1.807, 2.05) is 19.1 Å². The van der Waals surface area contributed by atoms with E-state index in [-0.39, 0.29) is 5.91 Å². The average Bonchev–Trinajstić information content (AvgIpc) is 2.48. The first kappa shape index (κ1) is 13.9. The van der Waals surface area contributed by atoms with Gasteiger partial charge in [-0.15, -0.1) is 0 Å². The largest absolute Gasteiger partial charge is 0.480 e. The SMILES string of the molecule is CCN(C(=O)c1cccnc1OC)c1cccc(N)c1. The second kappa shape index (κ2) is 6.06. The Kier molecular flexibility index (Phi) is 4.20. The van der Waals surface area contributed by atoms with E-state index in [2.05, 4.69) is 4.98 Å². The number of ether oxygens (including phenoxy) is 1. The van der Waals surface area contributed by atoms with E-state index >= 15 is 0 Å². The van der Waals surface area contributed by atoms with Gasteiger partial charge in [0.05, 0.1) is 7.11 Å². The third-order valence-electron chi connectivity index (χ3n) is 2.94. The van der Waals surface area contributed by atoms with Crippen LogP contribution in [0.2, 0.25) is 0 Å². The zero-order valence-electron chi connectivity index (χ0n) is 11.5. The second-order valence-corrected chi connectivity index (χ2v) is 4.20. The smallest absolute Gasteiger partial charge is 0.263 e. The molecule has 2 N–H and O–H groups in total. The summed E-state index contributed by atoms with van der Waals surface area (Å²) >= 11 is 0. The summed E-state index contributed by atoms with van der Waals surface area (Å²) < 4.78 is 5.14. The fraction of sp³-hybridized carbons (Fsp3) is 0.200. The second-order valence-electron chi connectivity index (χ2n) is 4.20. The molecule has 1 amide bonds. The summed E-state index contributed by atoms with van der Waals surface area (Å²) in [5.41, 5.74) is 7.57. The van der Waals surface area contributed by atoms with Crippen LogP contribution < -0.4 is 15.4 Å². The molecule has 0 spiro atoms. The highest BCUT2D eigenvalue weighted by Gasteiger charge is 2.20. The maximum atomic E-state index is 12.6. The third-order valence-corrected chi connectivity index (χ3v) is 2.94. The van der Waals surface area contributed by atoms with Crippen molar-refractivity contribution in [2.24, 2.45) is 0 Å². The Labute approximate surface area is 118 Å². The van der Waals surface area contributed by atoms with Crippen molar-refractivity contribution in [2.45, 2.75) is 6.92 Å². The molecule has 5 nitrogen and oxygen atoms in total. The lowest BCUT2D eigenvalue weighted by molar-refractivity contribution is 0.0984. The van der Waals surface area contributed by atoms with Gasteiger partial charge >= 0.3 is 0 Å². The number of nitrogens with zero attached hydrogens (tertiary/aromatic N) is 2. The summed E-state index contributed by atoms with van der Waals surface area (Å²) in [6.07, 6.45) is 1.59. The minimum atomic E-state index is -0.164. The summed E-state index contributed by atoms with van der Waals surface area (Å²) in [7, 11) is 1.50. The van der Waals surface area contributed by atoms with Crippen molar-refractivity contribution in [3.8, 4) is 5.88 Å². The monoisotopic (exact) mass is 271 g/mol. The van der Waals surface area contributed by atoms with Crippen LogP contribution in [0.4, 0.5) is 11.4 Å². The molecular weight excluding hydrogens is 254 g/mol. The highest BCUT2D eigenvalue weighted by Crippen LogP contribution is 2.22. The van der Waals surface area contributed by atoms with Gasteiger partial charge in [-0.2, -0.15) is 0 Å². The van der Waals surface area contributed by atoms with Gasteiger partial charge in [0.2, 0.25) is 5.88 Å². The number of methoxy groups -OCH3 is 1. The molecule has 0 fully saturated rings. The van der Waals surface area contributed by atoms with Gasteiger partial charge in [0.15, 0.2) is 0 Å². The number of pyridine rings is 1. The van der Waals surface area contributed by atoms with Gasteiger partial charge in [-0.3, -0.25) is 4.79 Å². The lowest BCUT2D eigenvalue weighted by atomic mass is 10.2. The van der Waals surface area contributed by atoms with Crippen LogP contribution in [0.5, 0.6) is 5.88 Å². The maximum Gasteiger partial charge on any atom is 0.263 e. The van der Waals surface area contributed by atoms with Crippen molar-refractivity contribution in [2.75, 3.05) is 24.3 Å². The fourth-order valence-electron chi connectivity index (χ4n) is 2.00. The van der Waals surface area contributed by atoms with Crippen LogP contribution in [0.25, 0.3) is 0 Å². The molecule has 2 aromatic rings. The molecule has 104 valence electrons. The van der Waals surface area contributed by atoms with Crippen LogP contribution >= 0.6 is 0 Å².